The smallest absolute Gasteiger partial charge is 0.143 e. The normalized spacial score (nSPS) is 8.82. The van der Waals surface area contributed by atoms with Crippen molar-refractivity contribution in [1.82, 2.24) is 0 Å². The number of hydrogen-bond donors (Lipinski definition) is 2. The first-order valence-corrected chi connectivity index (χ1v) is 2.88. The number of nitrogens with zero attached hydrogens (tertiary/aromatic N) is 1. The van der Waals surface area contributed by atoms with Crippen LogP contribution in [-0.2, 0) is 0 Å². The Kier molecular flexibility index (Phi) is 2.04. The summed E-state index contributed by atoms with van der Waals surface area (Å²) in [5, 5.41) is 16.8. The highest BCUT2D eigenvalue weighted by molar-refractivity contribution is 5.56. The lowest BCUT2D eigenvalue weighted by Crippen LogP contribution is -1.94. The fourth-order valence-corrected chi connectivity index (χ4v) is 0.731. The third-order valence-electron chi connectivity index (χ3n) is 1.25. The Hall–Kier alpha value is -1.60. The molecule has 1 aromatic rings. The molecule has 4 heteroatoms. The highest BCUT2D eigenvalue weighted by Gasteiger charge is 2.05. The van der Waals surface area contributed by atoms with Crippen LogP contribution < -0.4 is 5.48 Å². The molecule has 0 atom stereocenters. The summed E-state index contributed by atoms with van der Waals surface area (Å²) in [6.45, 7) is 0. The van der Waals surface area contributed by atoms with Crippen molar-refractivity contribution in [2.45, 2.75) is 0 Å². The minimum atomic E-state index is -0.647. The van der Waals surface area contributed by atoms with Crippen LogP contribution in [0.5, 0.6) is 0 Å². The first-order valence-electron chi connectivity index (χ1n) is 2.88. The van der Waals surface area contributed by atoms with Crippen molar-refractivity contribution >= 4 is 5.69 Å². The number of nitrogens with one attached hydrogen (secondary N) is 1. The fourth-order valence-electron chi connectivity index (χ4n) is 0.731. The van der Waals surface area contributed by atoms with Crippen molar-refractivity contribution in [2.24, 2.45) is 0 Å². The van der Waals surface area contributed by atoms with Crippen molar-refractivity contribution in [3.8, 4) is 6.07 Å². The largest absolute Gasteiger partial charge is 0.291 e. The molecule has 0 aromatic heterocycles. The molecule has 0 saturated heterocycles. The van der Waals surface area contributed by atoms with E-state index in [1.54, 1.807) is 11.5 Å². The first-order chi connectivity index (χ1) is 5.29. The van der Waals surface area contributed by atoms with E-state index >= 15 is 0 Å². The van der Waals surface area contributed by atoms with E-state index in [-0.39, 0.29) is 11.3 Å². The van der Waals surface area contributed by atoms with Gasteiger partial charge >= 0.3 is 0 Å². The van der Waals surface area contributed by atoms with Crippen LogP contribution in [0.15, 0.2) is 18.2 Å². The van der Waals surface area contributed by atoms with Gasteiger partial charge in [0.2, 0.25) is 0 Å². The molecule has 2 N–H and O–H groups in total. The average molecular weight is 152 g/mol. The molecule has 0 aliphatic heterocycles. The lowest BCUT2D eigenvalue weighted by Gasteiger charge is -2.00. The van der Waals surface area contributed by atoms with Crippen LogP contribution in [0.3, 0.4) is 0 Å². The summed E-state index contributed by atoms with van der Waals surface area (Å²) >= 11 is 0. The third-order valence-corrected chi connectivity index (χ3v) is 1.25. The maximum Gasteiger partial charge on any atom is 0.143 e. The Morgan fingerprint density at radius 1 is 1.55 bits per heavy atom. The second kappa shape index (κ2) is 2.99. The van der Waals surface area contributed by atoms with Crippen molar-refractivity contribution in [3.63, 3.8) is 0 Å². The van der Waals surface area contributed by atoms with Crippen molar-refractivity contribution < 1.29 is 9.60 Å². The van der Waals surface area contributed by atoms with Crippen molar-refractivity contribution in [1.29, 1.82) is 5.26 Å². The molecule has 0 unspecified atom stereocenters. The van der Waals surface area contributed by atoms with E-state index in [0.717, 1.165) is 6.07 Å². The van der Waals surface area contributed by atoms with Crippen LogP contribution in [-0.4, -0.2) is 5.21 Å². The maximum atomic E-state index is 12.7. The lowest BCUT2D eigenvalue weighted by molar-refractivity contribution is 0.388. The van der Waals surface area contributed by atoms with E-state index in [9.17, 15) is 4.39 Å². The Bertz CT molecular complexity index is 306. The number of anilines is 1. The highest BCUT2D eigenvalue weighted by atomic mass is 19.1. The van der Waals surface area contributed by atoms with Gasteiger partial charge in [0.15, 0.2) is 0 Å². The van der Waals surface area contributed by atoms with Gasteiger partial charge in [-0.2, -0.15) is 5.26 Å². The van der Waals surface area contributed by atoms with Gasteiger partial charge in [0.05, 0.1) is 5.69 Å². The summed E-state index contributed by atoms with van der Waals surface area (Å²) in [7, 11) is 0. The number of halogens is 1. The van der Waals surface area contributed by atoms with E-state index in [4.69, 9.17) is 10.5 Å². The Balaban J connectivity index is 3.27. The zero-order valence-electron chi connectivity index (χ0n) is 5.50. The zero-order valence-corrected chi connectivity index (χ0v) is 5.50. The van der Waals surface area contributed by atoms with E-state index < -0.39 is 5.82 Å². The van der Waals surface area contributed by atoms with Gasteiger partial charge < -0.3 is 0 Å². The molecule has 0 spiro atoms. The summed E-state index contributed by atoms with van der Waals surface area (Å²) in [6, 6.07) is 5.57. The molecule has 0 aliphatic carbocycles. The van der Waals surface area contributed by atoms with Gasteiger partial charge in [0.25, 0.3) is 0 Å². The van der Waals surface area contributed by atoms with Crippen LogP contribution in [0.1, 0.15) is 5.56 Å². The van der Waals surface area contributed by atoms with Gasteiger partial charge in [-0.25, -0.2) is 4.39 Å². The monoisotopic (exact) mass is 152 g/mol. The number of nitriles is 1. The second-order valence-electron chi connectivity index (χ2n) is 1.89. The summed E-state index contributed by atoms with van der Waals surface area (Å²) < 4.78 is 12.7. The summed E-state index contributed by atoms with van der Waals surface area (Å²) in [6.07, 6.45) is 0. The lowest BCUT2D eigenvalue weighted by atomic mass is 10.2. The van der Waals surface area contributed by atoms with Gasteiger partial charge in [-0.05, 0) is 12.1 Å². The van der Waals surface area contributed by atoms with E-state index in [2.05, 4.69) is 0 Å². The minimum absolute atomic E-state index is 0.0764. The summed E-state index contributed by atoms with van der Waals surface area (Å²) in [5.74, 6) is -0.647. The molecule has 0 bridgehead atoms. The summed E-state index contributed by atoms with van der Waals surface area (Å²) in [4.78, 5) is 0. The Labute approximate surface area is 62.7 Å². The van der Waals surface area contributed by atoms with Crippen molar-refractivity contribution in [3.05, 3.63) is 29.6 Å². The molecular weight excluding hydrogens is 147 g/mol. The SMILES string of the molecule is N#Cc1c(F)cccc1NO. The molecule has 0 saturated carbocycles. The predicted octanol–water partition coefficient (Wildman–Crippen LogP) is 1.50. The number of benzene rings is 1. The molecule has 56 valence electrons. The quantitative estimate of drug-likeness (QED) is 0.599. The summed E-state index contributed by atoms with van der Waals surface area (Å²) in [5.41, 5.74) is 1.62. The van der Waals surface area contributed by atoms with Crippen LogP contribution in [0, 0.1) is 17.1 Å². The standard InChI is InChI=1S/C7H5FN2O/c8-6-2-1-3-7(10-11)5(6)4-9/h1-3,10-11H. The molecule has 0 amide bonds. The number of hydrogen-bond acceptors (Lipinski definition) is 3. The van der Waals surface area contributed by atoms with Gasteiger partial charge in [-0.15, -0.1) is 0 Å². The molecule has 0 aliphatic rings. The molecule has 1 aromatic carbocycles. The average Bonchev–Trinajstić information content (AvgIpc) is 2.04. The molecule has 0 heterocycles. The van der Waals surface area contributed by atoms with Crippen molar-refractivity contribution in [2.75, 3.05) is 5.48 Å². The van der Waals surface area contributed by atoms with Crippen LogP contribution in [0.25, 0.3) is 0 Å². The maximum absolute atomic E-state index is 12.7. The van der Waals surface area contributed by atoms with Crippen LogP contribution in [0.4, 0.5) is 10.1 Å². The molecule has 0 radical (unpaired) electrons. The van der Waals surface area contributed by atoms with Crippen LogP contribution in [0.2, 0.25) is 0 Å². The fraction of sp³-hybridized carbons (Fsp3) is 0. The second-order valence-corrected chi connectivity index (χ2v) is 1.89. The first kappa shape index (κ1) is 7.51. The topological polar surface area (TPSA) is 56.0 Å². The minimum Gasteiger partial charge on any atom is -0.291 e. The molecular formula is C7H5FN2O. The molecule has 3 nitrogen and oxygen atoms in total. The molecule has 11 heavy (non-hydrogen) atoms. The van der Waals surface area contributed by atoms with E-state index in [0.29, 0.717) is 0 Å². The zero-order chi connectivity index (χ0) is 8.27. The Morgan fingerprint density at radius 2 is 2.27 bits per heavy atom. The van der Waals surface area contributed by atoms with Gasteiger partial charge in [-0.3, -0.25) is 10.7 Å². The Morgan fingerprint density at radius 3 is 2.73 bits per heavy atom. The van der Waals surface area contributed by atoms with Gasteiger partial charge in [0, 0.05) is 0 Å². The van der Waals surface area contributed by atoms with E-state index in [1.165, 1.54) is 12.1 Å². The highest BCUT2D eigenvalue weighted by Crippen LogP contribution is 2.16. The molecule has 1 rings (SSSR count). The van der Waals surface area contributed by atoms with Gasteiger partial charge in [0.1, 0.15) is 17.4 Å². The number of rotatable bonds is 1. The molecule has 0 fully saturated rings. The van der Waals surface area contributed by atoms with E-state index in [1.807, 2.05) is 0 Å². The third kappa shape index (κ3) is 1.28. The van der Waals surface area contributed by atoms with Crippen LogP contribution >= 0.6 is 0 Å². The van der Waals surface area contributed by atoms with Gasteiger partial charge in [-0.1, -0.05) is 6.07 Å². The predicted molar refractivity (Wildman–Crippen MR) is 36.5 cm³/mol.